The van der Waals surface area contributed by atoms with Gasteiger partial charge in [0, 0.05) is 6.04 Å². The van der Waals surface area contributed by atoms with Gasteiger partial charge in [-0.05, 0) is 24.1 Å². The van der Waals surface area contributed by atoms with Crippen molar-refractivity contribution in [2.75, 3.05) is 0 Å². The minimum atomic E-state index is -4.37. The lowest BCUT2D eigenvalue weighted by molar-refractivity contribution is -0.137. The van der Waals surface area contributed by atoms with Crippen molar-refractivity contribution in [3.63, 3.8) is 0 Å². The van der Waals surface area contributed by atoms with Gasteiger partial charge in [0.2, 0.25) is 0 Å². The second kappa shape index (κ2) is 4.54. The Bertz CT molecular complexity index is 343. The van der Waals surface area contributed by atoms with E-state index in [0.717, 1.165) is 12.1 Å². The van der Waals surface area contributed by atoms with Gasteiger partial charge in [0.05, 0.1) is 5.56 Å². The lowest BCUT2D eigenvalue weighted by Gasteiger charge is -2.10. The van der Waals surface area contributed by atoms with E-state index < -0.39 is 20.5 Å². The molecule has 0 amide bonds. The zero-order valence-electron chi connectivity index (χ0n) is 8.20. The predicted octanol–water partition coefficient (Wildman–Crippen LogP) is 1.16. The van der Waals surface area contributed by atoms with E-state index in [-0.39, 0.29) is 12.5 Å². The molecule has 0 fully saturated rings. The molecule has 1 aromatic carbocycles. The quantitative estimate of drug-likeness (QED) is 0.708. The van der Waals surface area contributed by atoms with Crippen LogP contribution in [0, 0.1) is 0 Å². The lowest BCUT2D eigenvalue weighted by Crippen LogP contribution is -2.34. The Hall–Kier alpha value is -0.893. The summed E-state index contributed by atoms with van der Waals surface area (Å²) in [6.07, 6.45) is -4.24. The number of alkyl halides is 3. The number of halogens is 3. The Morgan fingerprint density at radius 1 is 1.00 bits per heavy atom. The first-order valence-corrected chi connectivity index (χ1v) is 6.56. The van der Waals surface area contributed by atoms with Crippen molar-refractivity contribution in [2.24, 2.45) is 0 Å². The molecule has 0 saturated heterocycles. The van der Waals surface area contributed by atoms with E-state index in [2.05, 4.69) is 0 Å². The zero-order chi connectivity index (χ0) is 12.4. The summed E-state index contributed by atoms with van der Waals surface area (Å²) in [5, 5.41) is 0. The molecule has 0 unspecified atom stereocenters. The van der Waals surface area contributed by atoms with Gasteiger partial charge >= 0.3 is 15.0 Å². The average Bonchev–Trinajstić information content (AvgIpc) is 2.13. The van der Waals surface area contributed by atoms with Crippen LogP contribution in [0.5, 0.6) is 0 Å². The van der Waals surface area contributed by atoms with Crippen molar-refractivity contribution in [1.82, 2.24) is 0 Å². The zero-order valence-corrected chi connectivity index (χ0v) is 9.20. The van der Waals surface area contributed by atoms with Gasteiger partial charge in [-0.1, -0.05) is 12.1 Å². The summed E-state index contributed by atoms with van der Waals surface area (Å²) in [4.78, 5) is 26.2. The highest BCUT2D eigenvalue weighted by Crippen LogP contribution is 2.29. The first kappa shape index (κ1) is 13.2. The summed E-state index contributed by atoms with van der Waals surface area (Å²) >= 11 is 0. The standard InChI is InChI=1S/C9H11F3O3Si/c10-9(11,12)8-3-1-7(2-4-8)5-6-16(13,14)15/h1-4,13-15H,5-6H2. The summed E-state index contributed by atoms with van der Waals surface area (Å²) in [6.45, 7) is 0. The number of rotatable bonds is 3. The minimum absolute atomic E-state index is 0.133. The highest BCUT2D eigenvalue weighted by molar-refractivity contribution is 6.56. The second-order valence-electron chi connectivity index (χ2n) is 3.47. The van der Waals surface area contributed by atoms with Crippen LogP contribution in [0.15, 0.2) is 24.3 Å². The van der Waals surface area contributed by atoms with Crippen molar-refractivity contribution in [1.29, 1.82) is 0 Å². The predicted molar refractivity (Wildman–Crippen MR) is 52.4 cm³/mol. The molecule has 3 N–H and O–H groups in total. The molecular formula is C9H11F3O3Si. The highest BCUT2D eigenvalue weighted by atomic mass is 28.4. The Kier molecular flexibility index (Phi) is 3.74. The molecular weight excluding hydrogens is 241 g/mol. The molecule has 1 aromatic rings. The fourth-order valence-electron chi connectivity index (χ4n) is 1.17. The van der Waals surface area contributed by atoms with Gasteiger partial charge in [-0.15, -0.1) is 0 Å². The maximum absolute atomic E-state index is 12.2. The third-order valence-corrected chi connectivity index (χ3v) is 2.95. The minimum Gasteiger partial charge on any atom is -0.390 e. The van der Waals surface area contributed by atoms with Crippen LogP contribution in [-0.4, -0.2) is 23.2 Å². The highest BCUT2D eigenvalue weighted by Gasteiger charge is 2.30. The van der Waals surface area contributed by atoms with E-state index in [4.69, 9.17) is 14.4 Å². The van der Waals surface area contributed by atoms with Crippen molar-refractivity contribution >= 4 is 8.80 Å². The third-order valence-electron chi connectivity index (χ3n) is 2.03. The Morgan fingerprint density at radius 3 is 1.88 bits per heavy atom. The van der Waals surface area contributed by atoms with Crippen molar-refractivity contribution < 1.29 is 27.6 Å². The summed E-state index contributed by atoms with van der Waals surface area (Å²) in [7, 11) is -4.11. The fraction of sp³-hybridized carbons (Fsp3) is 0.333. The van der Waals surface area contributed by atoms with Crippen LogP contribution in [0.25, 0.3) is 0 Å². The number of benzene rings is 1. The van der Waals surface area contributed by atoms with E-state index >= 15 is 0 Å². The van der Waals surface area contributed by atoms with Crippen LogP contribution >= 0.6 is 0 Å². The molecule has 3 nitrogen and oxygen atoms in total. The summed E-state index contributed by atoms with van der Waals surface area (Å²) in [5.41, 5.74) is -0.237. The van der Waals surface area contributed by atoms with E-state index in [9.17, 15) is 13.2 Å². The van der Waals surface area contributed by atoms with Crippen LogP contribution in [-0.2, 0) is 12.6 Å². The molecule has 0 saturated carbocycles. The van der Waals surface area contributed by atoms with Gasteiger partial charge < -0.3 is 14.4 Å². The van der Waals surface area contributed by atoms with Gasteiger partial charge in [-0.25, -0.2) is 0 Å². The smallest absolute Gasteiger partial charge is 0.390 e. The van der Waals surface area contributed by atoms with Crippen molar-refractivity contribution in [2.45, 2.75) is 18.6 Å². The molecule has 1 rings (SSSR count). The van der Waals surface area contributed by atoms with Gasteiger partial charge in [0.25, 0.3) is 0 Å². The molecule has 0 aliphatic carbocycles. The molecule has 0 spiro atoms. The van der Waals surface area contributed by atoms with Gasteiger partial charge in [-0.2, -0.15) is 13.2 Å². The third kappa shape index (κ3) is 4.31. The van der Waals surface area contributed by atoms with Gasteiger partial charge in [0.1, 0.15) is 0 Å². The normalized spacial score (nSPS) is 12.9. The molecule has 0 atom stereocenters. The van der Waals surface area contributed by atoms with E-state index in [0.29, 0.717) is 5.56 Å². The Balaban J connectivity index is 2.66. The maximum atomic E-state index is 12.2. The van der Waals surface area contributed by atoms with Crippen LogP contribution in [0.3, 0.4) is 0 Å². The Morgan fingerprint density at radius 2 is 1.50 bits per heavy atom. The molecule has 90 valence electrons. The maximum Gasteiger partial charge on any atom is 0.493 e. The van der Waals surface area contributed by atoms with E-state index in [1.165, 1.54) is 12.1 Å². The van der Waals surface area contributed by atoms with Crippen molar-refractivity contribution in [3.8, 4) is 0 Å². The Labute approximate surface area is 91.2 Å². The first-order valence-electron chi connectivity index (χ1n) is 4.52. The summed E-state index contributed by atoms with van der Waals surface area (Å²) in [6, 6.07) is 4.12. The fourth-order valence-corrected chi connectivity index (χ4v) is 1.80. The molecule has 0 heterocycles. The van der Waals surface area contributed by atoms with Crippen LogP contribution in [0.4, 0.5) is 13.2 Å². The molecule has 0 bridgehead atoms. The van der Waals surface area contributed by atoms with Crippen LogP contribution in [0.1, 0.15) is 11.1 Å². The monoisotopic (exact) mass is 252 g/mol. The van der Waals surface area contributed by atoms with E-state index in [1.54, 1.807) is 0 Å². The lowest BCUT2D eigenvalue weighted by atomic mass is 10.1. The number of aryl methyl sites for hydroxylation is 1. The molecule has 0 aromatic heterocycles. The number of hydrogen-bond acceptors (Lipinski definition) is 3. The molecule has 0 aliphatic rings. The molecule has 7 heteroatoms. The largest absolute Gasteiger partial charge is 0.493 e. The second-order valence-corrected chi connectivity index (χ2v) is 5.52. The molecule has 0 radical (unpaired) electrons. The van der Waals surface area contributed by atoms with E-state index in [1.807, 2.05) is 0 Å². The van der Waals surface area contributed by atoms with Crippen LogP contribution in [0.2, 0.25) is 6.04 Å². The summed E-state index contributed by atoms with van der Waals surface area (Å²) < 4.78 is 36.5. The summed E-state index contributed by atoms with van der Waals surface area (Å²) in [5.74, 6) is 0. The molecule has 0 aliphatic heterocycles. The van der Waals surface area contributed by atoms with Gasteiger partial charge in [0.15, 0.2) is 0 Å². The van der Waals surface area contributed by atoms with Crippen LogP contribution < -0.4 is 0 Å². The van der Waals surface area contributed by atoms with Crippen molar-refractivity contribution in [3.05, 3.63) is 35.4 Å². The SMILES string of the molecule is O[Si](O)(O)CCc1ccc(C(F)(F)F)cc1. The topological polar surface area (TPSA) is 60.7 Å². The number of hydrogen-bond donors (Lipinski definition) is 3. The molecule has 16 heavy (non-hydrogen) atoms. The average molecular weight is 252 g/mol. The first-order chi connectivity index (χ1) is 7.18. The van der Waals surface area contributed by atoms with Gasteiger partial charge in [-0.3, -0.25) is 0 Å².